The minimum absolute atomic E-state index is 0.156. The molecule has 1 unspecified atom stereocenters. The van der Waals surface area contributed by atoms with Crippen LogP contribution in [0.25, 0.3) is 0 Å². The van der Waals surface area contributed by atoms with E-state index in [0.29, 0.717) is 6.04 Å². The van der Waals surface area contributed by atoms with E-state index in [4.69, 9.17) is 4.74 Å². The second-order valence-electron chi connectivity index (χ2n) is 5.92. The van der Waals surface area contributed by atoms with Crippen LogP contribution in [0.4, 0.5) is 11.6 Å². The number of nitrogens with zero attached hydrogens (tertiary/aromatic N) is 4. The van der Waals surface area contributed by atoms with Crippen molar-refractivity contribution < 1.29 is 4.74 Å². The van der Waals surface area contributed by atoms with Gasteiger partial charge in [0.2, 0.25) is 0 Å². The molecule has 0 amide bonds. The van der Waals surface area contributed by atoms with Gasteiger partial charge in [-0.2, -0.15) is 0 Å². The van der Waals surface area contributed by atoms with E-state index in [1.54, 1.807) is 19.6 Å². The van der Waals surface area contributed by atoms with Crippen LogP contribution in [0, 0.1) is 0 Å². The second kappa shape index (κ2) is 5.57. The minimum Gasteiger partial charge on any atom is -0.380 e. The summed E-state index contributed by atoms with van der Waals surface area (Å²) in [5.74, 6) is 2.76. The number of nitrogens with one attached hydrogen (secondary N) is 2. The Morgan fingerprint density at radius 1 is 1.32 bits per heavy atom. The van der Waals surface area contributed by atoms with Gasteiger partial charge in [-0.1, -0.05) is 0 Å². The largest absolute Gasteiger partial charge is 0.380 e. The Kier molecular flexibility index (Phi) is 3.42. The molecule has 2 atom stereocenters. The maximum Gasteiger partial charge on any atom is 0.134 e. The lowest BCUT2D eigenvalue weighted by Crippen LogP contribution is -2.26. The van der Waals surface area contributed by atoms with Crippen LogP contribution in [0.5, 0.6) is 0 Å². The lowest BCUT2D eigenvalue weighted by Gasteiger charge is -2.24. The molecule has 0 spiro atoms. The average molecular weight is 300 g/mol. The molecule has 1 saturated carbocycles. The summed E-state index contributed by atoms with van der Waals surface area (Å²) in [7, 11) is 1.76. The van der Waals surface area contributed by atoms with Crippen LogP contribution < -0.4 is 10.2 Å². The first-order chi connectivity index (χ1) is 10.8. The molecule has 0 bridgehead atoms. The summed E-state index contributed by atoms with van der Waals surface area (Å²) in [6, 6.07) is 2.75. The van der Waals surface area contributed by atoms with Gasteiger partial charge in [0.15, 0.2) is 0 Å². The third-order valence-electron chi connectivity index (χ3n) is 4.31. The molecule has 3 heterocycles. The van der Waals surface area contributed by atoms with Gasteiger partial charge in [-0.05, 0) is 12.8 Å². The predicted molar refractivity (Wildman–Crippen MR) is 82.8 cm³/mol. The third kappa shape index (κ3) is 2.64. The molecule has 2 aromatic heterocycles. The SMILES string of the molecule is CO[C@@H]1CC(c2ncc[nH]2)N(c2cc(NC3CC3)ncn2)C1. The van der Waals surface area contributed by atoms with Crippen molar-refractivity contribution >= 4 is 11.6 Å². The molecule has 7 heteroatoms. The molecule has 116 valence electrons. The Balaban J connectivity index is 1.60. The fraction of sp³-hybridized carbons (Fsp3) is 0.533. The first-order valence-electron chi connectivity index (χ1n) is 7.71. The standard InChI is InChI=1S/C15H20N6O/c1-22-11-6-12(15-16-4-5-17-15)21(8-11)14-7-13(18-9-19-14)20-10-2-3-10/h4-5,7,9-12H,2-3,6,8H2,1H3,(H,16,17)(H,18,19,20)/t11-,12?/m1/s1. The van der Waals surface area contributed by atoms with E-state index in [-0.39, 0.29) is 12.1 Å². The minimum atomic E-state index is 0.156. The zero-order chi connectivity index (χ0) is 14.9. The number of aromatic nitrogens is 4. The van der Waals surface area contributed by atoms with E-state index in [0.717, 1.165) is 30.4 Å². The molecule has 1 aliphatic heterocycles. The maximum atomic E-state index is 5.55. The summed E-state index contributed by atoms with van der Waals surface area (Å²) in [6.45, 7) is 0.807. The van der Waals surface area contributed by atoms with Gasteiger partial charge in [-0.3, -0.25) is 0 Å². The number of rotatable bonds is 5. The van der Waals surface area contributed by atoms with E-state index in [1.165, 1.54) is 12.8 Å². The molecule has 2 aromatic rings. The fourth-order valence-corrected chi connectivity index (χ4v) is 2.96. The maximum absolute atomic E-state index is 5.55. The van der Waals surface area contributed by atoms with E-state index in [1.807, 2.05) is 12.3 Å². The number of hydrogen-bond donors (Lipinski definition) is 2. The number of imidazole rings is 1. The molecule has 1 saturated heterocycles. The topological polar surface area (TPSA) is 79.0 Å². The first kappa shape index (κ1) is 13.5. The Hall–Kier alpha value is -2.15. The van der Waals surface area contributed by atoms with Gasteiger partial charge in [-0.15, -0.1) is 0 Å². The highest BCUT2D eigenvalue weighted by molar-refractivity contribution is 5.51. The third-order valence-corrected chi connectivity index (χ3v) is 4.31. The zero-order valence-corrected chi connectivity index (χ0v) is 12.6. The van der Waals surface area contributed by atoms with Crippen molar-refractivity contribution in [2.45, 2.75) is 37.5 Å². The van der Waals surface area contributed by atoms with Crippen molar-refractivity contribution in [3.8, 4) is 0 Å². The zero-order valence-electron chi connectivity index (χ0n) is 12.6. The molecule has 4 rings (SSSR count). The number of aromatic amines is 1. The highest BCUT2D eigenvalue weighted by atomic mass is 16.5. The molecular formula is C15H20N6O. The summed E-state index contributed by atoms with van der Waals surface area (Å²) in [6.07, 6.45) is 8.80. The van der Waals surface area contributed by atoms with Crippen molar-refractivity contribution in [3.63, 3.8) is 0 Å². The second-order valence-corrected chi connectivity index (χ2v) is 5.92. The Morgan fingerprint density at radius 2 is 2.23 bits per heavy atom. The summed E-state index contributed by atoms with van der Waals surface area (Å²) in [4.78, 5) is 18.6. The molecule has 2 N–H and O–H groups in total. The van der Waals surface area contributed by atoms with Gasteiger partial charge in [0.05, 0.1) is 12.1 Å². The van der Waals surface area contributed by atoms with Crippen LogP contribution in [0.15, 0.2) is 24.8 Å². The summed E-state index contributed by atoms with van der Waals surface area (Å²) in [5, 5.41) is 3.42. The van der Waals surface area contributed by atoms with Gasteiger partial charge in [0, 0.05) is 44.6 Å². The van der Waals surface area contributed by atoms with Gasteiger partial charge in [0.1, 0.15) is 23.8 Å². The lowest BCUT2D eigenvalue weighted by atomic mass is 10.2. The quantitative estimate of drug-likeness (QED) is 0.875. The monoisotopic (exact) mass is 300 g/mol. The smallest absolute Gasteiger partial charge is 0.134 e. The Bertz CT molecular complexity index is 627. The van der Waals surface area contributed by atoms with Crippen molar-refractivity contribution in [1.82, 2.24) is 19.9 Å². The summed E-state index contributed by atoms with van der Waals surface area (Å²) < 4.78 is 5.55. The molecule has 0 radical (unpaired) electrons. The molecular weight excluding hydrogens is 280 g/mol. The van der Waals surface area contributed by atoms with E-state index < -0.39 is 0 Å². The van der Waals surface area contributed by atoms with Crippen LogP contribution in [-0.4, -0.2) is 45.7 Å². The summed E-state index contributed by atoms with van der Waals surface area (Å²) in [5.41, 5.74) is 0. The average Bonchev–Trinajstić information content (AvgIpc) is 3.06. The van der Waals surface area contributed by atoms with Crippen molar-refractivity contribution in [2.24, 2.45) is 0 Å². The van der Waals surface area contributed by atoms with Crippen molar-refractivity contribution in [2.75, 3.05) is 23.9 Å². The number of methoxy groups -OCH3 is 1. The summed E-state index contributed by atoms with van der Waals surface area (Å²) >= 11 is 0. The normalized spacial score (nSPS) is 24.7. The van der Waals surface area contributed by atoms with E-state index >= 15 is 0 Å². The van der Waals surface area contributed by atoms with Crippen molar-refractivity contribution in [1.29, 1.82) is 0 Å². The highest BCUT2D eigenvalue weighted by Crippen LogP contribution is 2.35. The number of ether oxygens (including phenoxy) is 1. The number of anilines is 2. The van der Waals surface area contributed by atoms with Gasteiger partial charge in [0.25, 0.3) is 0 Å². The van der Waals surface area contributed by atoms with Gasteiger partial charge < -0.3 is 19.9 Å². The van der Waals surface area contributed by atoms with Crippen LogP contribution in [-0.2, 0) is 4.74 Å². The number of hydrogen-bond acceptors (Lipinski definition) is 6. The molecule has 22 heavy (non-hydrogen) atoms. The molecule has 0 aromatic carbocycles. The van der Waals surface area contributed by atoms with Crippen LogP contribution >= 0.6 is 0 Å². The predicted octanol–water partition coefficient (Wildman–Crippen LogP) is 1.74. The van der Waals surface area contributed by atoms with Gasteiger partial charge in [-0.25, -0.2) is 15.0 Å². The first-order valence-corrected chi connectivity index (χ1v) is 7.71. The lowest BCUT2D eigenvalue weighted by molar-refractivity contribution is 0.118. The van der Waals surface area contributed by atoms with Gasteiger partial charge >= 0.3 is 0 Å². The van der Waals surface area contributed by atoms with Crippen LogP contribution in [0.3, 0.4) is 0 Å². The highest BCUT2D eigenvalue weighted by Gasteiger charge is 2.35. The van der Waals surface area contributed by atoms with E-state index in [2.05, 4.69) is 30.2 Å². The molecule has 7 nitrogen and oxygen atoms in total. The van der Waals surface area contributed by atoms with E-state index in [9.17, 15) is 0 Å². The van der Waals surface area contributed by atoms with Crippen LogP contribution in [0.1, 0.15) is 31.1 Å². The number of H-pyrrole nitrogens is 1. The molecule has 2 fully saturated rings. The van der Waals surface area contributed by atoms with Crippen molar-refractivity contribution in [3.05, 3.63) is 30.6 Å². The fourth-order valence-electron chi connectivity index (χ4n) is 2.96. The molecule has 1 aliphatic carbocycles. The van der Waals surface area contributed by atoms with Crippen LogP contribution in [0.2, 0.25) is 0 Å². The Morgan fingerprint density at radius 3 is 2.95 bits per heavy atom. The Labute approximate surface area is 129 Å². The molecule has 2 aliphatic rings.